The van der Waals surface area contributed by atoms with Gasteiger partial charge in [0.1, 0.15) is 5.54 Å². The third-order valence-corrected chi connectivity index (χ3v) is 4.89. The Balaban J connectivity index is 2.08. The van der Waals surface area contributed by atoms with E-state index in [1.165, 1.54) is 57.8 Å². The molecule has 1 unspecified atom stereocenters. The Labute approximate surface area is 106 Å². The molecular weight excluding hydrogens is 208 g/mol. The third-order valence-electron chi connectivity index (χ3n) is 4.89. The van der Waals surface area contributed by atoms with Gasteiger partial charge in [0, 0.05) is 0 Å². The first-order chi connectivity index (χ1) is 8.27. The predicted octanol–water partition coefficient (Wildman–Crippen LogP) is 3.72. The second-order valence-corrected chi connectivity index (χ2v) is 6.00. The van der Waals surface area contributed by atoms with Gasteiger partial charge in [0.15, 0.2) is 0 Å². The number of nitriles is 1. The summed E-state index contributed by atoms with van der Waals surface area (Å²) in [5, 5.41) is 9.69. The van der Waals surface area contributed by atoms with E-state index in [2.05, 4.69) is 17.9 Å². The monoisotopic (exact) mass is 234 g/mol. The van der Waals surface area contributed by atoms with Crippen LogP contribution < -0.4 is 0 Å². The molecule has 2 heteroatoms. The third kappa shape index (κ3) is 2.83. The van der Waals surface area contributed by atoms with E-state index in [1.807, 2.05) is 0 Å². The van der Waals surface area contributed by atoms with Gasteiger partial charge in [-0.05, 0) is 51.6 Å². The normalized spacial score (nSPS) is 28.0. The summed E-state index contributed by atoms with van der Waals surface area (Å²) in [6, 6.07) is 2.67. The first kappa shape index (κ1) is 12.9. The molecule has 0 aromatic carbocycles. The highest BCUT2D eigenvalue weighted by atomic mass is 15.2. The molecule has 0 aromatic rings. The molecule has 1 aliphatic heterocycles. The summed E-state index contributed by atoms with van der Waals surface area (Å²) in [5.74, 6) is 0.611. The highest BCUT2D eigenvalue weighted by Crippen LogP contribution is 2.37. The zero-order valence-electron chi connectivity index (χ0n) is 11.2. The number of nitrogens with zero attached hydrogens (tertiary/aromatic N) is 2. The largest absolute Gasteiger partial charge is 0.286 e. The molecule has 1 atom stereocenters. The summed E-state index contributed by atoms with van der Waals surface area (Å²) < 4.78 is 0. The van der Waals surface area contributed by atoms with Crippen molar-refractivity contribution in [1.82, 2.24) is 4.90 Å². The first-order valence-electron chi connectivity index (χ1n) is 7.43. The molecule has 1 saturated carbocycles. The molecule has 0 N–H and O–H groups in total. The second kappa shape index (κ2) is 5.87. The van der Waals surface area contributed by atoms with Crippen molar-refractivity contribution in [2.45, 2.75) is 70.3 Å². The average Bonchev–Trinajstić information content (AvgIpc) is 2.68. The van der Waals surface area contributed by atoms with Crippen LogP contribution in [-0.4, -0.2) is 23.5 Å². The Hall–Kier alpha value is -0.550. The molecule has 1 saturated heterocycles. The van der Waals surface area contributed by atoms with Gasteiger partial charge in [0.25, 0.3) is 0 Å². The summed E-state index contributed by atoms with van der Waals surface area (Å²) in [5.41, 5.74) is -0.190. The predicted molar refractivity (Wildman–Crippen MR) is 70.6 cm³/mol. The summed E-state index contributed by atoms with van der Waals surface area (Å²) in [4.78, 5) is 2.50. The van der Waals surface area contributed by atoms with Gasteiger partial charge in [0.05, 0.1) is 6.07 Å². The average molecular weight is 234 g/mol. The van der Waals surface area contributed by atoms with Crippen LogP contribution in [-0.2, 0) is 0 Å². The van der Waals surface area contributed by atoms with E-state index in [9.17, 15) is 5.26 Å². The molecule has 2 nitrogen and oxygen atoms in total. The lowest BCUT2D eigenvalue weighted by Gasteiger charge is -2.42. The maximum atomic E-state index is 9.69. The fraction of sp³-hybridized carbons (Fsp3) is 0.933. The zero-order chi connectivity index (χ0) is 12.1. The standard InChI is InChI=1S/C15H26N2/c1-15(13-16,14-9-5-4-6-10-14)17-11-7-2-3-8-12-17/h14H,2-12H2,1H3. The lowest BCUT2D eigenvalue weighted by atomic mass is 9.75. The minimum Gasteiger partial charge on any atom is -0.286 e. The van der Waals surface area contributed by atoms with Gasteiger partial charge in [-0.1, -0.05) is 32.1 Å². The number of hydrogen-bond donors (Lipinski definition) is 0. The lowest BCUT2D eigenvalue weighted by Crippen LogP contribution is -2.51. The van der Waals surface area contributed by atoms with Gasteiger partial charge >= 0.3 is 0 Å². The van der Waals surface area contributed by atoms with Crippen molar-refractivity contribution in [3.8, 4) is 6.07 Å². The van der Waals surface area contributed by atoms with E-state index in [1.54, 1.807) is 0 Å². The Kier molecular flexibility index (Phi) is 4.45. The minimum absolute atomic E-state index is 0.190. The molecule has 17 heavy (non-hydrogen) atoms. The van der Waals surface area contributed by atoms with Gasteiger partial charge in [-0.2, -0.15) is 5.26 Å². The minimum atomic E-state index is -0.190. The number of rotatable bonds is 2. The van der Waals surface area contributed by atoms with Crippen LogP contribution in [0.1, 0.15) is 64.7 Å². The van der Waals surface area contributed by atoms with E-state index in [4.69, 9.17) is 0 Å². The van der Waals surface area contributed by atoms with E-state index in [-0.39, 0.29) is 5.54 Å². The molecule has 2 fully saturated rings. The van der Waals surface area contributed by atoms with E-state index < -0.39 is 0 Å². The summed E-state index contributed by atoms with van der Waals surface area (Å²) in [6.07, 6.45) is 11.8. The highest BCUT2D eigenvalue weighted by Gasteiger charge is 2.40. The van der Waals surface area contributed by atoms with Gasteiger partial charge in [0.2, 0.25) is 0 Å². The van der Waals surface area contributed by atoms with E-state index in [0.29, 0.717) is 5.92 Å². The molecule has 2 aliphatic rings. The van der Waals surface area contributed by atoms with Crippen molar-refractivity contribution in [3.05, 3.63) is 0 Å². The summed E-state index contributed by atoms with van der Waals surface area (Å²) in [7, 11) is 0. The molecule has 0 spiro atoms. The van der Waals surface area contributed by atoms with Crippen molar-refractivity contribution < 1.29 is 0 Å². The fourth-order valence-electron chi connectivity index (χ4n) is 3.62. The Morgan fingerprint density at radius 2 is 1.47 bits per heavy atom. The molecule has 1 heterocycles. The van der Waals surface area contributed by atoms with Gasteiger partial charge < -0.3 is 0 Å². The molecule has 2 rings (SSSR count). The summed E-state index contributed by atoms with van der Waals surface area (Å²) in [6.45, 7) is 4.48. The Morgan fingerprint density at radius 1 is 0.941 bits per heavy atom. The van der Waals surface area contributed by atoms with Crippen molar-refractivity contribution in [2.24, 2.45) is 5.92 Å². The van der Waals surface area contributed by atoms with Crippen LogP contribution >= 0.6 is 0 Å². The van der Waals surface area contributed by atoms with Gasteiger partial charge in [-0.3, -0.25) is 4.90 Å². The van der Waals surface area contributed by atoms with Gasteiger partial charge in [-0.25, -0.2) is 0 Å². The molecule has 0 radical (unpaired) electrons. The summed E-state index contributed by atoms with van der Waals surface area (Å²) >= 11 is 0. The van der Waals surface area contributed by atoms with Crippen LogP contribution in [0.4, 0.5) is 0 Å². The van der Waals surface area contributed by atoms with Gasteiger partial charge in [-0.15, -0.1) is 0 Å². The van der Waals surface area contributed by atoms with Crippen LogP contribution in [0.3, 0.4) is 0 Å². The molecular formula is C15H26N2. The second-order valence-electron chi connectivity index (χ2n) is 6.00. The molecule has 96 valence electrons. The topological polar surface area (TPSA) is 27.0 Å². The van der Waals surface area contributed by atoms with Crippen molar-refractivity contribution in [1.29, 1.82) is 5.26 Å². The SMILES string of the molecule is CC(C#N)(C1CCCCC1)N1CCCCCC1. The number of hydrogen-bond acceptors (Lipinski definition) is 2. The molecule has 0 bridgehead atoms. The van der Waals surface area contributed by atoms with Crippen LogP contribution in [0.15, 0.2) is 0 Å². The zero-order valence-corrected chi connectivity index (χ0v) is 11.2. The lowest BCUT2D eigenvalue weighted by molar-refractivity contribution is 0.0770. The van der Waals surface area contributed by atoms with Crippen molar-refractivity contribution in [2.75, 3.05) is 13.1 Å². The molecule has 0 amide bonds. The van der Waals surface area contributed by atoms with Crippen LogP contribution in [0.5, 0.6) is 0 Å². The van der Waals surface area contributed by atoms with Crippen LogP contribution in [0, 0.1) is 17.2 Å². The Morgan fingerprint density at radius 3 is 2.00 bits per heavy atom. The van der Waals surface area contributed by atoms with Crippen molar-refractivity contribution >= 4 is 0 Å². The first-order valence-corrected chi connectivity index (χ1v) is 7.43. The van der Waals surface area contributed by atoms with Crippen LogP contribution in [0.2, 0.25) is 0 Å². The Bertz CT molecular complexity index is 267. The maximum absolute atomic E-state index is 9.69. The van der Waals surface area contributed by atoms with Crippen LogP contribution in [0.25, 0.3) is 0 Å². The number of likely N-dealkylation sites (tertiary alicyclic amines) is 1. The molecule has 1 aliphatic carbocycles. The maximum Gasteiger partial charge on any atom is 0.109 e. The fourth-order valence-corrected chi connectivity index (χ4v) is 3.62. The smallest absolute Gasteiger partial charge is 0.109 e. The van der Waals surface area contributed by atoms with E-state index >= 15 is 0 Å². The quantitative estimate of drug-likeness (QED) is 0.728. The molecule has 0 aromatic heterocycles. The van der Waals surface area contributed by atoms with E-state index in [0.717, 1.165) is 13.1 Å². The highest BCUT2D eigenvalue weighted by molar-refractivity contribution is 5.10. The van der Waals surface area contributed by atoms with Crippen molar-refractivity contribution in [3.63, 3.8) is 0 Å².